The van der Waals surface area contributed by atoms with Gasteiger partial charge in [-0.05, 0) is 75.7 Å². The van der Waals surface area contributed by atoms with E-state index in [9.17, 15) is 14.0 Å². The average Bonchev–Trinajstić information content (AvgIpc) is 2.82. The van der Waals surface area contributed by atoms with Crippen LogP contribution >= 0.6 is 0 Å². The number of fused-ring (bicyclic) bond motifs is 1. The Kier molecular flexibility index (Phi) is 6.65. The van der Waals surface area contributed by atoms with E-state index in [4.69, 9.17) is 10.5 Å². The number of ether oxygens (including phenoxy) is 1. The van der Waals surface area contributed by atoms with E-state index < -0.39 is 17.5 Å². The number of aryl methyl sites for hydroxylation is 1. The first-order chi connectivity index (χ1) is 17.0. The summed E-state index contributed by atoms with van der Waals surface area (Å²) >= 11 is 0. The maximum Gasteiger partial charge on any atom is 0.325 e. The summed E-state index contributed by atoms with van der Waals surface area (Å²) in [7, 11) is 0. The zero-order valence-corrected chi connectivity index (χ0v) is 20.4. The molecular formula is C27H26FN5O3. The minimum absolute atomic E-state index is 0.0277. The maximum absolute atomic E-state index is 13.6. The van der Waals surface area contributed by atoms with Crippen molar-refractivity contribution in [3.05, 3.63) is 71.9 Å². The molecule has 0 aliphatic heterocycles. The van der Waals surface area contributed by atoms with E-state index >= 15 is 0 Å². The van der Waals surface area contributed by atoms with Crippen LogP contribution in [0.5, 0.6) is 0 Å². The maximum atomic E-state index is 13.6. The molecule has 1 amide bonds. The number of rotatable bonds is 5. The largest absolute Gasteiger partial charge is 0.459 e. The standard InChI is InChI=1S/C27H26FN5O3/c1-15-19-11-17(7-10-22(19)32-14-31-15)20-12-21(26(35)30-13-23(34)36-27(2,3)4)25(29)33-24(20)16-5-8-18(28)9-6-16/h5-12,14H,13H2,1-4H3,(H2,29,33)(H,30,35). The van der Waals surface area contributed by atoms with Gasteiger partial charge in [0, 0.05) is 22.2 Å². The van der Waals surface area contributed by atoms with Crippen molar-refractivity contribution in [3.8, 4) is 22.4 Å². The highest BCUT2D eigenvalue weighted by Crippen LogP contribution is 2.35. The summed E-state index contributed by atoms with van der Waals surface area (Å²) in [5.41, 5.74) is 9.61. The monoisotopic (exact) mass is 487 g/mol. The molecule has 2 heterocycles. The fourth-order valence-corrected chi connectivity index (χ4v) is 3.74. The van der Waals surface area contributed by atoms with Crippen LogP contribution in [-0.2, 0) is 9.53 Å². The van der Waals surface area contributed by atoms with Crippen molar-refractivity contribution in [3.63, 3.8) is 0 Å². The Labute approximate surface area is 207 Å². The molecule has 36 heavy (non-hydrogen) atoms. The molecule has 0 bridgehead atoms. The minimum atomic E-state index is -0.676. The molecule has 0 saturated heterocycles. The minimum Gasteiger partial charge on any atom is -0.459 e. The lowest BCUT2D eigenvalue weighted by atomic mass is 9.96. The van der Waals surface area contributed by atoms with E-state index in [1.54, 1.807) is 39.0 Å². The summed E-state index contributed by atoms with van der Waals surface area (Å²) in [5, 5.41) is 3.38. The number of nitrogens with two attached hydrogens (primary N) is 1. The first kappa shape index (κ1) is 24.7. The van der Waals surface area contributed by atoms with Crippen molar-refractivity contribution >= 4 is 28.6 Å². The number of pyridine rings is 1. The summed E-state index contributed by atoms with van der Waals surface area (Å²) in [6.07, 6.45) is 1.50. The van der Waals surface area contributed by atoms with Crippen molar-refractivity contribution in [2.75, 3.05) is 12.3 Å². The molecule has 8 nitrogen and oxygen atoms in total. The Hall–Kier alpha value is -4.40. The van der Waals surface area contributed by atoms with E-state index in [-0.39, 0.29) is 23.7 Å². The van der Waals surface area contributed by atoms with E-state index in [0.717, 1.165) is 22.2 Å². The number of hydrogen-bond acceptors (Lipinski definition) is 7. The lowest BCUT2D eigenvalue weighted by Gasteiger charge is -2.19. The molecular weight excluding hydrogens is 461 g/mol. The molecule has 2 aromatic carbocycles. The van der Waals surface area contributed by atoms with Gasteiger partial charge in [0.2, 0.25) is 0 Å². The smallest absolute Gasteiger partial charge is 0.325 e. The quantitative estimate of drug-likeness (QED) is 0.399. The predicted molar refractivity (Wildman–Crippen MR) is 135 cm³/mol. The summed E-state index contributed by atoms with van der Waals surface area (Å²) in [5.74, 6) is -1.56. The summed E-state index contributed by atoms with van der Waals surface area (Å²) in [6, 6.07) is 13.1. The third-order valence-electron chi connectivity index (χ3n) is 5.37. The number of nitrogen functional groups attached to an aromatic ring is 1. The fraction of sp³-hybridized carbons (Fsp3) is 0.222. The van der Waals surface area contributed by atoms with Gasteiger partial charge in [-0.2, -0.15) is 0 Å². The van der Waals surface area contributed by atoms with Crippen LogP contribution in [0.25, 0.3) is 33.3 Å². The average molecular weight is 488 g/mol. The first-order valence-electron chi connectivity index (χ1n) is 11.3. The van der Waals surface area contributed by atoms with Crippen LogP contribution in [0.3, 0.4) is 0 Å². The Morgan fingerprint density at radius 2 is 1.72 bits per heavy atom. The van der Waals surface area contributed by atoms with Crippen LogP contribution in [0, 0.1) is 12.7 Å². The summed E-state index contributed by atoms with van der Waals surface area (Å²) in [6.45, 7) is 6.78. The number of benzene rings is 2. The Morgan fingerprint density at radius 3 is 2.42 bits per heavy atom. The van der Waals surface area contributed by atoms with Crippen molar-refractivity contribution in [1.29, 1.82) is 0 Å². The zero-order valence-electron chi connectivity index (χ0n) is 20.4. The summed E-state index contributed by atoms with van der Waals surface area (Å²) in [4.78, 5) is 38.1. The van der Waals surface area contributed by atoms with Crippen molar-refractivity contribution in [1.82, 2.24) is 20.3 Å². The van der Waals surface area contributed by atoms with Crippen molar-refractivity contribution in [2.24, 2.45) is 0 Å². The van der Waals surface area contributed by atoms with Crippen LogP contribution in [0.15, 0.2) is 54.9 Å². The van der Waals surface area contributed by atoms with Gasteiger partial charge in [-0.1, -0.05) is 6.07 Å². The third-order valence-corrected chi connectivity index (χ3v) is 5.37. The molecule has 4 rings (SSSR count). The highest BCUT2D eigenvalue weighted by Gasteiger charge is 2.21. The van der Waals surface area contributed by atoms with Crippen LogP contribution < -0.4 is 11.1 Å². The van der Waals surface area contributed by atoms with Crippen LogP contribution in [0.1, 0.15) is 36.8 Å². The number of halogens is 1. The number of carbonyl (C=O) groups is 2. The molecule has 0 saturated carbocycles. The lowest BCUT2D eigenvalue weighted by molar-refractivity contribution is -0.153. The van der Waals surface area contributed by atoms with Gasteiger partial charge in [-0.3, -0.25) is 9.59 Å². The number of amides is 1. The molecule has 0 aliphatic carbocycles. The van der Waals surface area contributed by atoms with Crippen molar-refractivity contribution in [2.45, 2.75) is 33.3 Å². The van der Waals surface area contributed by atoms with E-state index in [1.165, 1.54) is 18.5 Å². The highest BCUT2D eigenvalue weighted by atomic mass is 19.1. The third kappa shape index (κ3) is 5.46. The Bertz CT molecular complexity index is 1460. The van der Waals surface area contributed by atoms with E-state index in [2.05, 4.69) is 20.3 Å². The van der Waals surface area contributed by atoms with Gasteiger partial charge in [-0.15, -0.1) is 0 Å². The fourth-order valence-electron chi connectivity index (χ4n) is 3.74. The molecule has 4 aromatic rings. The normalized spacial score (nSPS) is 11.4. The molecule has 3 N–H and O–H groups in total. The van der Waals surface area contributed by atoms with Gasteiger partial charge in [0.25, 0.3) is 5.91 Å². The van der Waals surface area contributed by atoms with Gasteiger partial charge in [-0.25, -0.2) is 19.3 Å². The topological polar surface area (TPSA) is 120 Å². The van der Waals surface area contributed by atoms with Gasteiger partial charge in [0.15, 0.2) is 0 Å². The Morgan fingerprint density at radius 1 is 1.03 bits per heavy atom. The Balaban J connectivity index is 1.78. The highest BCUT2D eigenvalue weighted by molar-refractivity contribution is 6.02. The van der Waals surface area contributed by atoms with Crippen LogP contribution in [0.2, 0.25) is 0 Å². The number of nitrogens with one attached hydrogen (secondary N) is 1. The van der Waals surface area contributed by atoms with Crippen molar-refractivity contribution < 1.29 is 18.7 Å². The number of anilines is 1. The molecule has 0 atom stereocenters. The van der Waals surface area contributed by atoms with Crippen LogP contribution in [-0.4, -0.2) is 39.0 Å². The van der Waals surface area contributed by atoms with Gasteiger partial charge in [0.05, 0.1) is 16.8 Å². The molecule has 0 aliphatic rings. The SMILES string of the molecule is Cc1ncnc2ccc(-c3cc(C(=O)NCC(=O)OC(C)(C)C)c(N)nc3-c3ccc(F)cc3)cc12. The van der Waals surface area contributed by atoms with Crippen LogP contribution in [0.4, 0.5) is 10.2 Å². The van der Waals surface area contributed by atoms with E-state index in [1.807, 2.05) is 25.1 Å². The predicted octanol–water partition coefficient (Wildman–Crippen LogP) is 4.46. The number of nitrogens with zero attached hydrogens (tertiary/aromatic N) is 3. The van der Waals surface area contributed by atoms with E-state index in [0.29, 0.717) is 16.8 Å². The lowest BCUT2D eigenvalue weighted by Crippen LogP contribution is -2.35. The zero-order chi connectivity index (χ0) is 26.0. The molecule has 0 radical (unpaired) electrons. The molecule has 9 heteroatoms. The molecule has 0 unspecified atom stereocenters. The second-order valence-electron chi connectivity index (χ2n) is 9.28. The number of aromatic nitrogens is 3. The summed E-state index contributed by atoms with van der Waals surface area (Å²) < 4.78 is 18.8. The second-order valence-corrected chi connectivity index (χ2v) is 9.28. The molecule has 0 spiro atoms. The van der Waals surface area contributed by atoms with Gasteiger partial charge < -0.3 is 15.8 Å². The molecule has 184 valence electrons. The van der Waals surface area contributed by atoms with Gasteiger partial charge in [0.1, 0.15) is 30.1 Å². The first-order valence-corrected chi connectivity index (χ1v) is 11.3. The number of hydrogen-bond donors (Lipinski definition) is 2. The number of esters is 1. The molecule has 2 aromatic heterocycles. The number of carbonyl (C=O) groups excluding carboxylic acids is 2. The second kappa shape index (κ2) is 9.69. The van der Waals surface area contributed by atoms with Gasteiger partial charge >= 0.3 is 5.97 Å². The molecule has 0 fully saturated rings.